The normalized spacial score (nSPS) is 11.0. The molecule has 0 spiro atoms. The Bertz CT molecular complexity index is 879. The van der Waals surface area contributed by atoms with Crippen LogP contribution in [0.15, 0.2) is 36.4 Å². The third kappa shape index (κ3) is 6.42. The van der Waals surface area contributed by atoms with E-state index in [0.29, 0.717) is 11.1 Å². The predicted octanol–water partition coefficient (Wildman–Crippen LogP) is 4.75. The van der Waals surface area contributed by atoms with E-state index < -0.39 is 23.5 Å². The zero-order chi connectivity index (χ0) is 20.9. The summed E-state index contributed by atoms with van der Waals surface area (Å²) < 4.78 is 24.4. The van der Waals surface area contributed by atoms with Crippen molar-refractivity contribution in [2.45, 2.75) is 26.4 Å². The molecule has 0 aliphatic rings. The number of carbonyl (C=O) groups excluding carboxylic acids is 1. The van der Waals surface area contributed by atoms with Crippen molar-refractivity contribution < 1.29 is 28.6 Å². The van der Waals surface area contributed by atoms with E-state index in [1.54, 1.807) is 32.9 Å². The van der Waals surface area contributed by atoms with Gasteiger partial charge >= 0.3 is 12.1 Å². The van der Waals surface area contributed by atoms with Gasteiger partial charge in [-0.2, -0.15) is 0 Å². The lowest BCUT2D eigenvalue weighted by molar-refractivity contribution is 0.0520. The minimum Gasteiger partial charge on any atom is -0.492 e. The number of amides is 1. The molecule has 0 aliphatic carbocycles. The lowest BCUT2D eigenvalue weighted by Gasteiger charge is -2.19. The van der Waals surface area contributed by atoms with Gasteiger partial charge in [0.1, 0.15) is 23.8 Å². The molecule has 0 saturated heterocycles. The first-order valence-electron chi connectivity index (χ1n) is 8.48. The maximum Gasteiger partial charge on any atom is 0.407 e. The van der Waals surface area contributed by atoms with Crippen LogP contribution >= 0.6 is 11.6 Å². The topological polar surface area (TPSA) is 84.9 Å². The van der Waals surface area contributed by atoms with Crippen molar-refractivity contribution in [2.24, 2.45) is 0 Å². The fraction of sp³-hybridized carbons (Fsp3) is 0.300. The Balaban J connectivity index is 2.09. The first-order valence-corrected chi connectivity index (χ1v) is 8.86. The van der Waals surface area contributed by atoms with Crippen molar-refractivity contribution in [3.8, 4) is 16.9 Å². The fourth-order valence-corrected chi connectivity index (χ4v) is 2.40. The Hall–Kier alpha value is -2.80. The van der Waals surface area contributed by atoms with Crippen LogP contribution < -0.4 is 10.1 Å². The number of aromatic carboxylic acids is 1. The molecule has 2 rings (SSSR count). The monoisotopic (exact) mass is 409 g/mol. The van der Waals surface area contributed by atoms with Crippen molar-refractivity contribution in [3.63, 3.8) is 0 Å². The lowest BCUT2D eigenvalue weighted by Crippen LogP contribution is -2.34. The number of ether oxygens (including phenoxy) is 2. The molecule has 150 valence electrons. The maximum atomic E-state index is 13.7. The molecule has 8 heteroatoms. The Morgan fingerprint density at radius 1 is 1.14 bits per heavy atom. The predicted molar refractivity (Wildman–Crippen MR) is 104 cm³/mol. The fourth-order valence-electron chi connectivity index (χ4n) is 2.28. The lowest BCUT2D eigenvalue weighted by atomic mass is 10.0. The van der Waals surface area contributed by atoms with Crippen molar-refractivity contribution in [2.75, 3.05) is 13.2 Å². The van der Waals surface area contributed by atoms with Gasteiger partial charge in [-0.05, 0) is 62.2 Å². The van der Waals surface area contributed by atoms with Gasteiger partial charge in [0.05, 0.1) is 17.1 Å². The Kier molecular flexibility index (Phi) is 6.85. The van der Waals surface area contributed by atoms with Gasteiger partial charge in [-0.3, -0.25) is 0 Å². The Morgan fingerprint density at radius 2 is 1.86 bits per heavy atom. The van der Waals surface area contributed by atoms with Crippen LogP contribution in [0, 0.1) is 5.82 Å². The average Bonchev–Trinajstić information content (AvgIpc) is 2.59. The highest BCUT2D eigenvalue weighted by molar-refractivity contribution is 6.30. The van der Waals surface area contributed by atoms with Crippen LogP contribution in [0.3, 0.4) is 0 Å². The summed E-state index contributed by atoms with van der Waals surface area (Å²) in [6.07, 6.45) is -0.576. The van der Waals surface area contributed by atoms with E-state index >= 15 is 0 Å². The van der Waals surface area contributed by atoms with Crippen LogP contribution in [0.2, 0.25) is 5.02 Å². The van der Waals surface area contributed by atoms with E-state index in [0.717, 1.165) is 0 Å². The van der Waals surface area contributed by atoms with Gasteiger partial charge in [0, 0.05) is 0 Å². The van der Waals surface area contributed by atoms with Gasteiger partial charge in [-0.1, -0.05) is 17.7 Å². The summed E-state index contributed by atoms with van der Waals surface area (Å²) >= 11 is 5.69. The van der Waals surface area contributed by atoms with Crippen molar-refractivity contribution in [1.29, 1.82) is 0 Å². The number of halogens is 2. The highest BCUT2D eigenvalue weighted by Gasteiger charge is 2.16. The first kappa shape index (κ1) is 21.5. The quantitative estimate of drug-likeness (QED) is 0.672. The number of nitrogens with one attached hydrogen (secondary N) is 1. The van der Waals surface area contributed by atoms with Gasteiger partial charge in [0.2, 0.25) is 0 Å². The molecule has 0 saturated carbocycles. The molecule has 0 fully saturated rings. The molecule has 0 aromatic heterocycles. The number of rotatable bonds is 6. The summed E-state index contributed by atoms with van der Waals surface area (Å²) in [5, 5.41) is 11.8. The summed E-state index contributed by atoms with van der Waals surface area (Å²) in [5.74, 6) is -1.48. The number of carboxylic acid groups (broad SMARTS) is 1. The van der Waals surface area contributed by atoms with E-state index in [1.807, 2.05) is 0 Å². The van der Waals surface area contributed by atoms with E-state index in [4.69, 9.17) is 21.1 Å². The first-order chi connectivity index (χ1) is 13.0. The van der Waals surface area contributed by atoms with Crippen LogP contribution in [0.4, 0.5) is 9.18 Å². The second-order valence-electron chi connectivity index (χ2n) is 6.96. The number of carboxylic acids is 1. The van der Waals surface area contributed by atoms with E-state index in [9.17, 15) is 19.1 Å². The second-order valence-corrected chi connectivity index (χ2v) is 7.36. The Morgan fingerprint density at radius 3 is 2.46 bits per heavy atom. The largest absolute Gasteiger partial charge is 0.492 e. The van der Waals surface area contributed by atoms with E-state index in [-0.39, 0.29) is 29.5 Å². The molecule has 0 radical (unpaired) electrons. The average molecular weight is 410 g/mol. The number of alkyl carbamates (subject to hydrolysis) is 1. The summed E-state index contributed by atoms with van der Waals surface area (Å²) in [6.45, 7) is 5.51. The van der Waals surface area contributed by atoms with Crippen LogP contribution in [0.1, 0.15) is 31.1 Å². The highest BCUT2D eigenvalue weighted by atomic mass is 35.5. The van der Waals surface area contributed by atoms with Crippen LogP contribution in [-0.2, 0) is 4.74 Å². The standard InChI is InChI=1S/C20H21ClFNO5/c1-20(2,3)28-19(26)23-6-7-27-15-9-13(8-14(10-15)18(24)25)12-4-5-16(21)17(22)11-12/h4-5,8-11H,6-7H2,1-3H3,(H,23,26)(H,24,25). The molecule has 2 N–H and O–H groups in total. The molecule has 2 aromatic carbocycles. The summed E-state index contributed by atoms with van der Waals surface area (Å²) in [6, 6.07) is 8.55. The van der Waals surface area contributed by atoms with Crippen LogP contribution in [0.5, 0.6) is 5.75 Å². The van der Waals surface area contributed by atoms with Crippen LogP contribution in [0.25, 0.3) is 11.1 Å². The number of hydrogen-bond acceptors (Lipinski definition) is 4. The molecule has 0 bridgehead atoms. The maximum absolute atomic E-state index is 13.7. The third-order valence-electron chi connectivity index (χ3n) is 3.45. The van der Waals surface area contributed by atoms with Crippen molar-refractivity contribution in [1.82, 2.24) is 5.32 Å². The van der Waals surface area contributed by atoms with Crippen molar-refractivity contribution >= 4 is 23.7 Å². The second kappa shape index (κ2) is 8.93. The van der Waals surface area contributed by atoms with E-state index in [2.05, 4.69) is 5.32 Å². The van der Waals surface area contributed by atoms with Gasteiger partial charge in [-0.25, -0.2) is 14.0 Å². The molecule has 1 amide bonds. The molecule has 6 nitrogen and oxygen atoms in total. The minimum atomic E-state index is -1.15. The van der Waals surface area contributed by atoms with Crippen molar-refractivity contribution in [3.05, 3.63) is 52.8 Å². The number of hydrogen-bond donors (Lipinski definition) is 2. The number of carbonyl (C=O) groups is 2. The summed E-state index contributed by atoms with van der Waals surface area (Å²) in [4.78, 5) is 23.0. The van der Waals surface area contributed by atoms with Gasteiger partial charge in [-0.15, -0.1) is 0 Å². The van der Waals surface area contributed by atoms with E-state index in [1.165, 1.54) is 24.3 Å². The molecular weight excluding hydrogens is 389 g/mol. The zero-order valence-corrected chi connectivity index (χ0v) is 16.5. The zero-order valence-electron chi connectivity index (χ0n) is 15.7. The number of benzene rings is 2. The van der Waals surface area contributed by atoms with Crippen LogP contribution in [-0.4, -0.2) is 35.9 Å². The minimum absolute atomic E-state index is 0.0111. The third-order valence-corrected chi connectivity index (χ3v) is 3.75. The van der Waals surface area contributed by atoms with Gasteiger partial charge < -0.3 is 19.9 Å². The van der Waals surface area contributed by atoms with Gasteiger partial charge in [0.25, 0.3) is 0 Å². The molecule has 0 heterocycles. The molecular formula is C20H21ClFNO5. The van der Waals surface area contributed by atoms with Gasteiger partial charge in [0.15, 0.2) is 0 Å². The summed E-state index contributed by atoms with van der Waals surface area (Å²) in [7, 11) is 0. The smallest absolute Gasteiger partial charge is 0.407 e. The Labute approximate surface area is 167 Å². The molecule has 28 heavy (non-hydrogen) atoms. The molecule has 0 atom stereocenters. The SMILES string of the molecule is CC(C)(C)OC(=O)NCCOc1cc(C(=O)O)cc(-c2ccc(Cl)c(F)c2)c1. The molecule has 2 aromatic rings. The summed E-state index contributed by atoms with van der Waals surface area (Å²) in [5.41, 5.74) is 0.305. The molecule has 0 unspecified atom stereocenters. The highest BCUT2D eigenvalue weighted by Crippen LogP contribution is 2.29. The molecule has 0 aliphatic heterocycles.